The van der Waals surface area contributed by atoms with E-state index in [0.29, 0.717) is 17.7 Å². The van der Waals surface area contributed by atoms with Crippen molar-refractivity contribution in [3.05, 3.63) is 50.6 Å². The third-order valence-electron chi connectivity index (χ3n) is 2.23. The third kappa shape index (κ3) is 2.51. The van der Waals surface area contributed by atoms with Crippen LogP contribution in [0.3, 0.4) is 0 Å². The maximum atomic E-state index is 12.0. The van der Waals surface area contributed by atoms with Crippen LogP contribution in [0.5, 0.6) is 0 Å². The molecule has 1 aromatic carbocycles. The number of carbonyl (C=O) groups excluding carboxylic acids is 1. The van der Waals surface area contributed by atoms with Crippen molar-refractivity contribution in [2.45, 2.75) is 6.42 Å². The predicted molar refractivity (Wildman–Crippen MR) is 70.9 cm³/mol. The zero-order valence-electron chi connectivity index (χ0n) is 8.44. The number of ketones is 1. The van der Waals surface area contributed by atoms with Gasteiger partial charge in [0.2, 0.25) is 0 Å². The fraction of sp³-hybridized carbons (Fsp3) is 0.0833. The lowest BCUT2D eigenvalue weighted by Crippen LogP contribution is -2.06. The van der Waals surface area contributed by atoms with E-state index in [-0.39, 0.29) is 5.78 Å². The van der Waals surface area contributed by atoms with Crippen LogP contribution in [0.25, 0.3) is 0 Å². The summed E-state index contributed by atoms with van der Waals surface area (Å²) in [5.74, 6) is 0.0625. The van der Waals surface area contributed by atoms with Gasteiger partial charge in [0.1, 0.15) is 0 Å². The highest BCUT2D eigenvalue weighted by atomic mass is 79.9. The smallest absolute Gasteiger partial charge is 0.170 e. The van der Waals surface area contributed by atoms with Gasteiger partial charge in [0, 0.05) is 27.0 Å². The summed E-state index contributed by atoms with van der Waals surface area (Å²) in [6.07, 6.45) is 0.420. The Morgan fingerprint density at radius 1 is 1.38 bits per heavy atom. The van der Waals surface area contributed by atoms with Crippen molar-refractivity contribution in [2.75, 3.05) is 5.73 Å². The Bertz CT molecular complexity index is 508. The molecule has 0 unspecified atom stereocenters. The fourth-order valence-corrected chi connectivity index (χ4v) is 2.54. The number of halogens is 1. The third-order valence-corrected chi connectivity index (χ3v) is 3.60. The number of nitrogens with two attached hydrogens (primary N) is 1. The monoisotopic (exact) mass is 295 g/mol. The van der Waals surface area contributed by atoms with E-state index in [9.17, 15) is 4.79 Å². The summed E-state index contributed by atoms with van der Waals surface area (Å²) >= 11 is 4.90. The number of thiophene rings is 1. The highest BCUT2D eigenvalue weighted by molar-refractivity contribution is 9.10. The van der Waals surface area contributed by atoms with E-state index in [2.05, 4.69) is 15.9 Å². The van der Waals surface area contributed by atoms with Gasteiger partial charge < -0.3 is 5.73 Å². The molecule has 2 rings (SSSR count). The average Bonchev–Trinajstić information content (AvgIpc) is 2.70. The van der Waals surface area contributed by atoms with E-state index >= 15 is 0 Å². The molecule has 1 heterocycles. The molecule has 0 radical (unpaired) electrons. The molecule has 0 fully saturated rings. The summed E-state index contributed by atoms with van der Waals surface area (Å²) in [6.45, 7) is 0. The topological polar surface area (TPSA) is 43.1 Å². The summed E-state index contributed by atoms with van der Waals surface area (Å²) in [6, 6.07) is 9.24. The molecular weight excluding hydrogens is 286 g/mol. The van der Waals surface area contributed by atoms with Gasteiger partial charge in [-0.15, -0.1) is 11.3 Å². The van der Waals surface area contributed by atoms with Gasteiger partial charge in [-0.05, 0) is 29.6 Å². The van der Waals surface area contributed by atoms with Crippen LogP contribution in [0.4, 0.5) is 5.69 Å². The van der Waals surface area contributed by atoms with Crippen LogP contribution in [-0.4, -0.2) is 5.78 Å². The number of anilines is 1. The largest absolute Gasteiger partial charge is 0.398 e. The second-order valence-electron chi connectivity index (χ2n) is 3.41. The molecule has 0 aliphatic heterocycles. The van der Waals surface area contributed by atoms with Gasteiger partial charge in [-0.1, -0.05) is 22.0 Å². The van der Waals surface area contributed by atoms with E-state index in [1.807, 2.05) is 23.6 Å². The second-order valence-corrected chi connectivity index (χ2v) is 5.36. The van der Waals surface area contributed by atoms with Crippen LogP contribution >= 0.6 is 27.3 Å². The summed E-state index contributed by atoms with van der Waals surface area (Å²) in [7, 11) is 0. The minimum Gasteiger partial charge on any atom is -0.398 e. The Kier molecular flexibility index (Phi) is 3.41. The first-order valence-corrected chi connectivity index (χ1v) is 6.44. The number of hydrogen-bond donors (Lipinski definition) is 1. The summed E-state index contributed by atoms with van der Waals surface area (Å²) < 4.78 is 0.887. The number of hydrogen-bond acceptors (Lipinski definition) is 3. The average molecular weight is 296 g/mol. The number of rotatable bonds is 3. The van der Waals surface area contributed by atoms with E-state index in [1.165, 1.54) is 0 Å². The van der Waals surface area contributed by atoms with Gasteiger partial charge in [0.25, 0.3) is 0 Å². The predicted octanol–water partition coefficient (Wildman–Crippen LogP) is 3.52. The van der Waals surface area contributed by atoms with Gasteiger partial charge in [-0.2, -0.15) is 0 Å². The molecule has 16 heavy (non-hydrogen) atoms. The SMILES string of the molecule is Nc1cc(Br)ccc1C(=O)Cc1cccs1. The normalized spacial score (nSPS) is 10.3. The Morgan fingerprint density at radius 2 is 2.19 bits per heavy atom. The van der Waals surface area contributed by atoms with Crippen LogP contribution in [0.2, 0.25) is 0 Å². The lowest BCUT2D eigenvalue weighted by atomic mass is 10.1. The summed E-state index contributed by atoms with van der Waals surface area (Å²) in [4.78, 5) is 13.0. The van der Waals surface area contributed by atoms with Crippen LogP contribution in [0.1, 0.15) is 15.2 Å². The van der Waals surface area contributed by atoms with E-state index in [1.54, 1.807) is 23.5 Å². The number of Topliss-reactive ketones (excluding diaryl/α,β-unsaturated/α-hetero) is 1. The van der Waals surface area contributed by atoms with Crippen molar-refractivity contribution in [1.29, 1.82) is 0 Å². The molecule has 0 aliphatic carbocycles. The number of benzene rings is 1. The zero-order chi connectivity index (χ0) is 11.5. The van der Waals surface area contributed by atoms with Crippen molar-refractivity contribution in [3.8, 4) is 0 Å². The standard InChI is InChI=1S/C12H10BrNOS/c13-8-3-4-10(11(14)6-8)12(15)7-9-2-1-5-16-9/h1-6H,7,14H2. The van der Waals surface area contributed by atoms with Crippen molar-refractivity contribution in [1.82, 2.24) is 0 Å². The van der Waals surface area contributed by atoms with Crippen LogP contribution in [-0.2, 0) is 6.42 Å². The summed E-state index contributed by atoms with van der Waals surface area (Å²) in [5, 5.41) is 1.97. The Hall–Kier alpha value is -1.13. The molecule has 0 bridgehead atoms. The maximum Gasteiger partial charge on any atom is 0.170 e. The fourth-order valence-electron chi connectivity index (χ4n) is 1.45. The zero-order valence-corrected chi connectivity index (χ0v) is 10.8. The Morgan fingerprint density at radius 3 is 2.81 bits per heavy atom. The quantitative estimate of drug-likeness (QED) is 0.695. The molecule has 0 saturated heterocycles. The van der Waals surface area contributed by atoms with Gasteiger partial charge in [-0.25, -0.2) is 0 Å². The molecule has 1 aromatic heterocycles. The Labute approximate surface area is 106 Å². The lowest BCUT2D eigenvalue weighted by molar-refractivity contribution is 0.0994. The molecule has 2 N–H and O–H groups in total. The van der Waals surface area contributed by atoms with Gasteiger partial charge in [0.05, 0.1) is 0 Å². The second kappa shape index (κ2) is 4.80. The molecule has 0 spiro atoms. The van der Waals surface area contributed by atoms with Gasteiger partial charge in [0.15, 0.2) is 5.78 Å². The summed E-state index contributed by atoms with van der Waals surface area (Å²) in [5.41, 5.74) is 6.92. The van der Waals surface area contributed by atoms with Crippen molar-refractivity contribution in [2.24, 2.45) is 0 Å². The van der Waals surface area contributed by atoms with Gasteiger partial charge in [-0.3, -0.25) is 4.79 Å². The first-order chi connectivity index (χ1) is 7.66. The van der Waals surface area contributed by atoms with Crippen molar-refractivity contribution < 1.29 is 4.79 Å². The molecule has 82 valence electrons. The molecule has 0 atom stereocenters. The number of nitrogen functional groups attached to an aromatic ring is 1. The minimum absolute atomic E-state index is 0.0625. The molecular formula is C12H10BrNOS. The van der Waals surface area contributed by atoms with Crippen LogP contribution < -0.4 is 5.73 Å². The molecule has 2 nitrogen and oxygen atoms in total. The minimum atomic E-state index is 0.0625. The highest BCUT2D eigenvalue weighted by Gasteiger charge is 2.11. The van der Waals surface area contributed by atoms with E-state index in [0.717, 1.165) is 9.35 Å². The van der Waals surface area contributed by atoms with Crippen LogP contribution in [0, 0.1) is 0 Å². The molecule has 0 saturated carbocycles. The van der Waals surface area contributed by atoms with E-state index in [4.69, 9.17) is 5.73 Å². The molecule has 2 aromatic rings. The first kappa shape index (κ1) is 11.4. The number of carbonyl (C=O) groups is 1. The highest BCUT2D eigenvalue weighted by Crippen LogP contribution is 2.21. The molecule has 0 aliphatic rings. The van der Waals surface area contributed by atoms with Crippen LogP contribution in [0.15, 0.2) is 40.2 Å². The first-order valence-electron chi connectivity index (χ1n) is 4.77. The maximum absolute atomic E-state index is 12.0. The van der Waals surface area contributed by atoms with Crippen molar-refractivity contribution >= 4 is 38.7 Å². The lowest BCUT2D eigenvalue weighted by Gasteiger charge is -2.04. The van der Waals surface area contributed by atoms with Crippen molar-refractivity contribution in [3.63, 3.8) is 0 Å². The van der Waals surface area contributed by atoms with E-state index < -0.39 is 0 Å². The molecule has 4 heteroatoms. The van der Waals surface area contributed by atoms with Gasteiger partial charge >= 0.3 is 0 Å². The Balaban J connectivity index is 2.21. The molecule has 0 amide bonds.